The summed E-state index contributed by atoms with van der Waals surface area (Å²) in [6.45, 7) is 15.1. The Balaban J connectivity index is 0.00000106. The van der Waals surface area contributed by atoms with E-state index in [1.54, 1.807) is 11.3 Å². The van der Waals surface area contributed by atoms with Crippen molar-refractivity contribution in [1.82, 2.24) is 4.98 Å². The fraction of sp³-hybridized carbons (Fsp3) is 0.526. The number of hydrogen-bond acceptors (Lipinski definition) is 2. The summed E-state index contributed by atoms with van der Waals surface area (Å²) in [6, 6.07) is 0. The van der Waals surface area contributed by atoms with Crippen molar-refractivity contribution in [3.63, 3.8) is 0 Å². The minimum atomic E-state index is 0.136. The Kier molecular flexibility index (Phi) is 6.60. The van der Waals surface area contributed by atoms with Crippen LogP contribution in [0.15, 0.2) is 36.1 Å². The number of nitrogens with zero attached hydrogens (tertiary/aromatic N) is 1. The lowest BCUT2D eigenvalue weighted by Crippen LogP contribution is -2.09. The second-order valence-electron chi connectivity index (χ2n) is 6.40. The summed E-state index contributed by atoms with van der Waals surface area (Å²) in [5.74, 6) is 0.617. The van der Waals surface area contributed by atoms with E-state index in [4.69, 9.17) is 0 Å². The highest BCUT2D eigenvalue weighted by Crippen LogP contribution is 2.32. The zero-order valence-corrected chi connectivity index (χ0v) is 15.3. The molecule has 0 N–H and O–H groups in total. The lowest BCUT2D eigenvalue weighted by molar-refractivity contribution is 0.585. The molecule has 2 rings (SSSR count). The van der Waals surface area contributed by atoms with E-state index in [1.165, 1.54) is 21.0 Å². The van der Waals surface area contributed by atoms with Gasteiger partial charge in [0.05, 0.1) is 9.88 Å². The SMILES string of the molecule is CC.CC(C)C1=CC=C(c2cnc(C(C)(C)C)s2)C=CC1. The molecule has 0 bridgehead atoms. The molecule has 0 saturated heterocycles. The van der Waals surface area contributed by atoms with Gasteiger partial charge in [-0.1, -0.05) is 78.3 Å². The summed E-state index contributed by atoms with van der Waals surface area (Å²) in [4.78, 5) is 5.84. The molecule has 1 nitrogen and oxygen atoms in total. The number of hydrogen-bond donors (Lipinski definition) is 0. The van der Waals surface area contributed by atoms with E-state index in [1.807, 2.05) is 20.0 Å². The molecule has 1 aromatic heterocycles. The highest BCUT2D eigenvalue weighted by atomic mass is 32.1. The van der Waals surface area contributed by atoms with Crippen molar-refractivity contribution in [2.75, 3.05) is 0 Å². The van der Waals surface area contributed by atoms with Gasteiger partial charge < -0.3 is 0 Å². The van der Waals surface area contributed by atoms with Crippen LogP contribution in [-0.4, -0.2) is 4.98 Å². The standard InChI is InChI=1S/C17H23NS.C2H6/c1-12(2)13-7-6-8-14(10-9-13)15-11-18-16(19-15)17(3,4)5;1-2/h6,8-12H,7H2,1-5H3;1-2H3. The van der Waals surface area contributed by atoms with Gasteiger partial charge in [-0.2, -0.15) is 0 Å². The van der Waals surface area contributed by atoms with Gasteiger partial charge in [-0.25, -0.2) is 4.98 Å². The van der Waals surface area contributed by atoms with Crippen LogP contribution in [0.3, 0.4) is 0 Å². The molecule has 0 atom stereocenters. The number of thiazole rings is 1. The Morgan fingerprint density at radius 1 is 1.14 bits per heavy atom. The van der Waals surface area contributed by atoms with Crippen molar-refractivity contribution < 1.29 is 0 Å². The van der Waals surface area contributed by atoms with Crippen molar-refractivity contribution in [3.05, 3.63) is 46.0 Å². The normalized spacial score (nSPS) is 15.0. The van der Waals surface area contributed by atoms with E-state index in [9.17, 15) is 0 Å². The fourth-order valence-corrected chi connectivity index (χ4v) is 2.97. The fourth-order valence-electron chi connectivity index (χ4n) is 1.99. The van der Waals surface area contributed by atoms with E-state index >= 15 is 0 Å². The van der Waals surface area contributed by atoms with Gasteiger partial charge in [0, 0.05) is 11.6 Å². The molecule has 0 amide bonds. The van der Waals surface area contributed by atoms with Crippen LogP contribution in [0.2, 0.25) is 0 Å². The highest BCUT2D eigenvalue weighted by molar-refractivity contribution is 7.13. The molecule has 0 aliphatic heterocycles. The quantitative estimate of drug-likeness (QED) is 0.616. The molecule has 0 radical (unpaired) electrons. The van der Waals surface area contributed by atoms with Gasteiger partial charge in [-0.3, -0.25) is 0 Å². The van der Waals surface area contributed by atoms with E-state index in [0.29, 0.717) is 5.92 Å². The summed E-state index contributed by atoms with van der Waals surface area (Å²) < 4.78 is 0. The molecule has 0 unspecified atom stereocenters. The summed E-state index contributed by atoms with van der Waals surface area (Å²) in [5, 5.41) is 1.20. The van der Waals surface area contributed by atoms with Crippen LogP contribution in [0.25, 0.3) is 5.57 Å². The molecule has 0 spiro atoms. The molecule has 1 heterocycles. The number of rotatable bonds is 2. The molecule has 1 aromatic rings. The van der Waals surface area contributed by atoms with Gasteiger partial charge in [-0.15, -0.1) is 11.3 Å². The summed E-state index contributed by atoms with van der Waals surface area (Å²) in [7, 11) is 0. The molecule has 21 heavy (non-hydrogen) atoms. The second kappa shape index (κ2) is 7.74. The molecule has 0 fully saturated rings. The topological polar surface area (TPSA) is 12.9 Å². The first-order chi connectivity index (χ1) is 9.88. The zero-order chi connectivity index (χ0) is 16.0. The smallest absolute Gasteiger partial charge is 0.0984 e. The van der Waals surface area contributed by atoms with Gasteiger partial charge in [-0.05, 0) is 17.9 Å². The van der Waals surface area contributed by atoms with Crippen LogP contribution in [-0.2, 0) is 5.41 Å². The van der Waals surface area contributed by atoms with Crippen molar-refractivity contribution in [2.24, 2.45) is 5.92 Å². The van der Waals surface area contributed by atoms with Crippen molar-refractivity contribution >= 4 is 16.9 Å². The monoisotopic (exact) mass is 303 g/mol. The maximum Gasteiger partial charge on any atom is 0.0984 e. The predicted molar refractivity (Wildman–Crippen MR) is 96.8 cm³/mol. The van der Waals surface area contributed by atoms with Crippen LogP contribution >= 0.6 is 11.3 Å². The number of aromatic nitrogens is 1. The zero-order valence-electron chi connectivity index (χ0n) is 14.5. The van der Waals surface area contributed by atoms with Gasteiger partial charge in [0.25, 0.3) is 0 Å². The maximum absolute atomic E-state index is 4.57. The van der Waals surface area contributed by atoms with Crippen LogP contribution in [0.1, 0.15) is 64.8 Å². The Bertz CT molecular complexity index is 536. The largest absolute Gasteiger partial charge is 0.248 e. The van der Waals surface area contributed by atoms with Gasteiger partial charge in [0.1, 0.15) is 0 Å². The second-order valence-corrected chi connectivity index (χ2v) is 7.44. The van der Waals surface area contributed by atoms with Crippen molar-refractivity contribution in [2.45, 2.75) is 60.3 Å². The molecule has 2 heteroatoms. The van der Waals surface area contributed by atoms with E-state index in [2.05, 4.69) is 63.9 Å². The lowest BCUT2D eigenvalue weighted by atomic mass is 9.98. The Hall–Kier alpha value is -1.15. The minimum Gasteiger partial charge on any atom is -0.248 e. The summed E-state index contributed by atoms with van der Waals surface area (Å²) in [5.41, 5.74) is 2.91. The van der Waals surface area contributed by atoms with Gasteiger partial charge in [0.2, 0.25) is 0 Å². The average molecular weight is 304 g/mol. The van der Waals surface area contributed by atoms with E-state index < -0.39 is 0 Å². The first kappa shape index (κ1) is 17.9. The van der Waals surface area contributed by atoms with Crippen molar-refractivity contribution in [3.8, 4) is 0 Å². The molecule has 1 aliphatic rings. The third kappa shape index (κ3) is 4.96. The van der Waals surface area contributed by atoms with Crippen LogP contribution in [0, 0.1) is 5.92 Å². The first-order valence-corrected chi connectivity index (χ1v) is 8.73. The van der Waals surface area contributed by atoms with Crippen LogP contribution in [0.4, 0.5) is 0 Å². The van der Waals surface area contributed by atoms with Crippen molar-refractivity contribution in [1.29, 1.82) is 0 Å². The van der Waals surface area contributed by atoms with Gasteiger partial charge in [0.15, 0.2) is 0 Å². The minimum absolute atomic E-state index is 0.136. The van der Waals surface area contributed by atoms with Crippen LogP contribution in [0.5, 0.6) is 0 Å². The third-order valence-electron chi connectivity index (χ3n) is 3.30. The molecule has 0 saturated carbocycles. The molecule has 1 aliphatic carbocycles. The molecule has 116 valence electrons. The van der Waals surface area contributed by atoms with Crippen LogP contribution < -0.4 is 0 Å². The Morgan fingerprint density at radius 2 is 1.81 bits per heavy atom. The summed E-state index contributed by atoms with van der Waals surface area (Å²) in [6.07, 6.45) is 12.1. The molecular weight excluding hydrogens is 274 g/mol. The average Bonchev–Trinajstić information content (AvgIpc) is 2.79. The lowest BCUT2D eigenvalue weighted by Gasteiger charge is -2.13. The Labute approximate surface area is 134 Å². The molecular formula is C19H29NS. The molecule has 0 aromatic carbocycles. The predicted octanol–water partition coefficient (Wildman–Crippen LogP) is 6.39. The Morgan fingerprint density at radius 3 is 2.33 bits per heavy atom. The highest BCUT2D eigenvalue weighted by Gasteiger charge is 2.18. The maximum atomic E-state index is 4.57. The first-order valence-electron chi connectivity index (χ1n) is 7.92. The number of allylic oxidation sites excluding steroid dienone is 6. The van der Waals surface area contributed by atoms with E-state index in [-0.39, 0.29) is 5.41 Å². The third-order valence-corrected chi connectivity index (χ3v) is 4.77. The van der Waals surface area contributed by atoms with Gasteiger partial charge >= 0.3 is 0 Å². The van der Waals surface area contributed by atoms with E-state index in [0.717, 1.165) is 6.42 Å². The summed E-state index contributed by atoms with van der Waals surface area (Å²) >= 11 is 1.81.